The number of benzene rings is 1. The zero-order valence-corrected chi connectivity index (χ0v) is 9.14. The van der Waals surface area contributed by atoms with Crippen molar-refractivity contribution in [3.05, 3.63) is 35.9 Å². The second-order valence-corrected chi connectivity index (χ2v) is 3.70. The molecule has 0 aliphatic heterocycles. The molecule has 1 rings (SSSR count). The van der Waals surface area contributed by atoms with Crippen LogP contribution in [0.3, 0.4) is 0 Å². The molecule has 1 aromatic rings. The van der Waals surface area contributed by atoms with E-state index >= 15 is 0 Å². The van der Waals surface area contributed by atoms with Gasteiger partial charge in [0.05, 0.1) is 13.0 Å². The smallest absolute Gasteiger partial charge is 0.313 e. The average Bonchev–Trinajstić information content (AvgIpc) is 2.26. The summed E-state index contributed by atoms with van der Waals surface area (Å²) in [6, 6.07) is 9.56. The maximum absolute atomic E-state index is 11.6. The lowest BCUT2D eigenvalue weighted by atomic mass is 9.93. The highest BCUT2D eigenvalue weighted by atomic mass is 16.5. The van der Waals surface area contributed by atoms with Gasteiger partial charge in [-0.3, -0.25) is 4.79 Å². The van der Waals surface area contributed by atoms with Crippen LogP contribution in [0.15, 0.2) is 30.3 Å². The fourth-order valence-corrected chi connectivity index (χ4v) is 1.57. The fourth-order valence-electron chi connectivity index (χ4n) is 1.57. The molecule has 3 nitrogen and oxygen atoms in total. The van der Waals surface area contributed by atoms with Crippen LogP contribution in [0.25, 0.3) is 0 Å². The van der Waals surface area contributed by atoms with E-state index in [2.05, 4.69) is 0 Å². The summed E-state index contributed by atoms with van der Waals surface area (Å²) in [5.74, 6) is -0.477. The van der Waals surface area contributed by atoms with E-state index in [1.54, 1.807) is 0 Å². The predicted molar refractivity (Wildman–Crippen MR) is 59.5 cm³/mol. The third kappa shape index (κ3) is 3.36. The largest absolute Gasteiger partial charge is 0.469 e. The summed E-state index contributed by atoms with van der Waals surface area (Å²) in [6.45, 7) is 1.89. The number of rotatable bonds is 4. The summed E-state index contributed by atoms with van der Waals surface area (Å²) in [4.78, 5) is 11.6. The molecule has 0 fully saturated rings. The molecule has 2 atom stereocenters. The highest BCUT2D eigenvalue weighted by Gasteiger charge is 2.22. The summed E-state index contributed by atoms with van der Waals surface area (Å²) in [6.07, 6.45) is 0.608. The van der Waals surface area contributed by atoms with Crippen molar-refractivity contribution in [2.24, 2.45) is 5.73 Å². The van der Waals surface area contributed by atoms with Crippen molar-refractivity contribution in [3.8, 4) is 0 Å². The molecule has 0 aliphatic rings. The molecule has 3 heteroatoms. The van der Waals surface area contributed by atoms with Crippen molar-refractivity contribution in [1.29, 1.82) is 0 Å². The van der Waals surface area contributed by atoms with Crippen LogP contribution in [0.4, 0.5) is 0 Å². The Bertz CT molecular complexity index is 309. The molecule has 1 aromatic carbocycles. The van der Waals surface area contributed by atoms with Crippen molar-refractivity contribution in [2.45, 2.75) is 25.3 Å². The van der Waals surface area contributed by atoms with E-state index in [4.69, 9.17) is 10.5 Å². The SMILES string of the molecule is COC(=O)C(CC(C)N)c1ccccc1. The van der Waals surface area contributed by atoms with Crippen molar-refractivity contribution in [1.82, 2.24) is 0 Å². The molecule has 15 heavy (non-hydrogen) atoms. The molecule has 0 heterocycles. The number of methoxy groups -OCH3 is 1. The van der Waals surface area contributed by atoms with Crippen LogP contribution >= 0.6 is 0 Å². The molecular formula is C12H17NO2. The molecule has 0 radical (unpaired) electrons. The van der Waals surface area contributed by atoms with E-state index in [0.29, 0.717) is 6.42 Å². The molecule has 0 bridgehead atoms. The maximum Gasteiger partial charge on any atom is 0.313 e. The molecule has 0 saturated heterocycles. The van der Waals surface area contributed by atoms with E-state index in [1.807, 2.05) is 37.3 Å². The Morgan fingerprint density at radius 1 is 1.40 bits per heavy atom. The van der Waals surface area contributed by atoms with Gasteiger partial charge in [0.15, 0.2) is 0 Å². The minimum Gasteiger partial charge on any atom is -0.469 e. The van der Waals surface area contributed by atoms with Gasteiger partial charge in [-0.15, -0.1) is 0 Å². The molecule has 2 N–H and O–H groups in total. The second kappa shape index (κ2) is 5.51. The van der Waals surface area contributed by atoms with Gasteiger partial charge in [0.25, 0.3) is 0 Å². The van der Waals surface area contributed by atoms with Crippen LogP contribution in [0.5, 0.6) is 0 Å². The Balaban J connectivity index is 2.86. The molecule has 0 aromatic heterocycles. The van der Waals surface area contributed by atoms with Gasteiger partial charge >= 0.3 is 5.97 Å². The van der Waals surface area contributed by atoms with E-state index in [-0.39, 0.29) is 17.9 Å². The van der Waals surface area contributed by atoms with Crippen LogP contribution in [0.2, 0.25) is 0 Å². The van der Waals surface area contributed by atoms with Gasteiger partial charge in [-0.2, -0.15) is 0 Å². The van der Waals surface area contributed by atoms with E-state index in [0.717, 1.165) is 5.56 Å². The topological polar surface area (TPSA) is 52.3 Å². The lowest BCUT2D eigenvalue weighted by molar-refractivity contribution is -0.142. The molecule has 0 spiro atoms. The molecular weight excluding hydrogens is 190 g/mol. The van der Waals surface area contributed by atoms with Gasteiger partial charge < -0.3 is 10.5 Å². The molecule has 2 unspecified atom stereocenters. The lowest BCUT2D eigenvalue weighted by Gasteiger charge is -2.16. The van der Waals surface area contributed by atoms with Crippen LogP contribution < -0.4 is 5.73 Å². The minimum atomic E-state index is -0.254. The molecule has 82 valence electrons. The fraction of sp³-hybridized carbons (Fsp3) is 0.417. The third-order valence-electron chi connectivity index (χ3n) is 2.30. The number of nitrogens with two attached hydrogens (primary N) is 1. The van der Waals surface area contributed by atoms with E-state index < -0.39 is 0 Å². The normalized spacial score (nSPS) is 14.3. The monoisotopic (exact) mass is 207 g/mol. The Morgan fingerprint density at radius 2 is 2.00 bits per heavy atom. The summed E-state index contributed by atoms with van der Waals surface area (Å²) in [5, 5.41) is 0. The van der Waals surface area contributed by atoms with Crippen LogP contribution in [0.1, 0.15) is 24.8 Å². The molecule has 0 saturated carbocycles. The van der Waals surface area contributed by atoms with Crippen molar-refractivity contribution in [2.75, 3.05) is 7.11 Å². The Hall–Kier alpha value is -1.35. The first-order chi connectivity index (χ1) is 7.15. The number of hydrogen-bond donors (Lipinski definition) is 1. The van der Waals surface area contributed by atoms with Gasteiger partial charge in [0.2, 0.25) is 0 Å². The van der Waals surface area contributed by atoms with Gasteiger partial charge in [-0.25, -0.2) is 0 Å². The van der Waals surface area contributed by atoms with Crippen molar-refractivity contribution >= 4 is 5.97 Å². The molecule has 0 amide bonds. The Morgan fingerprint density at radius 3 is 2.47 bits per heavy atom. The van der Waals surface area contributed by atoms with Gasteiger partial charge in [-0.05, 0) is 18.9 Å². The highest BCUT2D eigenvalue weighted by Crippen LogP contribution is 2.21. The van der Waals surface area contributed by atoms with Crippen molar-refractivity contribution < 1.29 is 9.53 Å². The van der Waals surface area contributed by atoms with Gasteiger partial charge in [0.1, 0.15) is 0 Å². The summed E-state index contributed by atoms with van der Waals surface area (Å²) >= 11 is 0. The predicted octanol–water partition coefficient (Wildman–Crippen LogP) is 1.68. The van der Waals surface area contributed by atoms with Crippen LogP contribution in [-0.2, 0) is 9.53 Å². The number of ether oxygens (including phenoxy) is 1. The quantitative estimate of drug-likeness (QED) is 0.764. The number of hydrogen-bond acceptors (Lipinski definition) is 3. The average molecular weight is 207 g/mol. The Kier molecular flexibility index (Phi) is 4.31. The zero-order chi connectivity index (χ0) is 11.3. The summed E-state index contributed by atoms with van der Waals surface area (Å²) in [7, 11) is 1.40. The Labute approximate surface area is 90.2 Å². The highest BCUT2D eigenvalue weighted by molar-refractivity contribution is 5.78. The van der Waals surface area contributed by atoms with Crippen molar-refractivity contribution in [3.63, 3.8) is 0 Å². The molecule has 0 aliphatic carbocycles. The van der Waals surface area contributed by atoms with E-state index in [9.17, 15) is 4.79 Å². The standard InChI is InChI=1S/C12H17NO2/c1-9(13)8-11(12(14)15-2)10-6-4-3-5-7-10/h3-7,9,11H,8,13H2,1-2H3. The number of carbonyl (C=O) groups is 1. The minimum absolute atomic E-state index is 0.0192. The lowest BCUT2D eigenvalue weighted by Crippen LogP contribution is -2.24. The summed E-state index contributed by atoms with van der Waals surface area (Å²) < 4.78 is 4.77. The summed E-state index contributed by atoms with van der Waals surface area (Å²) in [5.41, 5.74) is 6.68. The van der Waals surface area contributed by atoms with Crippen LogP contribution in [0, 0.1) is 0 Å². The third-order valence-corrected chi connectivity index (χ3v) is 2.30. The number of carbonyl (C=O) groups excluding carboxylic acids is 1. The number of esters is 1. The maximum atomic E-state index is 11.6. The van der Waals surface area contributed by atoms with Crippen LogP contribution in [-0.4, -0.2) is 19.1 Å². The first-order valence-electron chi connectivity index (χ1n) is 5.03. The van der Waals surface area contributed by atoms with Gasteiger partial charge in [0, 0.05) is 6.04 Å². The van der Waals surface area contributed by atoms with Gasteiger partial charge in [-0.1, -0.05) is 30.3 Å². The zero-order valence-electron chi connectivity index (χ0n) is 9.14. The first kappa shape index (κ1) is 11.7. The first-order valence-corrected chi connectivity index (χ1v) is 5.03. The van der Waals surface area contributed by atoms with E-state index in [1.165, 1.54) is 7.11 Å². The second-order valence-electron chi connectivity index (χ2n) is 3.70.